The summed E-state index contributed by atoms with van der Waals surface area (Å²) in [5.74, 6) is 0.622. The summed E-state index contributed by atoms with van der Waals surface area (Å²) in [7, 11) is 0. The van der Waals surface area contributed by atoms with Crippen LogP contribution in [0.1, 0.15) is 5.56 Å². The van der Waals surface area contributed by atoms with Crippen molar-refractivity contribution >= 4 is 12.6 Å². The van der Waals surface area contributed by atoms with Gasteiger partial charge in [0.2, 0.25) is 0 Å². The third kappa shape index (κ3) is 2.14. The maximum atomic E-state index is 13.2. The van der Waals surface area contributed by atoms with Gasteiger partial charge in [0.05, 0.1) is 6.61 Å². The van der Waals surface area contributed by atoms with Gasteiger partial charge in [-0.05, 0) is 18.6 Å². The van der Waals surface area contributed by atoms with E-state index in [9.17, 15) is 4.39 Å². The molecule has 1 nitrogen and oxygen atoms in total. The van der Waals surface area contributed by atoms with Gasteiger partial charge < -0.3 is 4.74 Å². The molecular weight excluding hydrogens is 175 g/mol. The van der Waals surface area contributed by atoms with Gasteiger partial charge in [0.25, 0.3) is 0 Å². The molecule has 0 amide bonds. The molecule has 3 heteroatoms. The van der Waals surface area contributed by atoms with Crippen molar-refractivity contribution in [1.29, 1.82) is 0 Å². The van der Waals surface area contributed by atoms with Crippen LogP contribution in [0.2, 0.25) is 0 Å². The molecular formula is C9H11FOS. The van der Waals surface area contributed by atoms with Gasteiger partial charge in [-0.3, -0.25) is 0 Å². The first-order valence-corrected chi connectivity index (χ1v) is 4.37. The van der Waals surface area contributed by atoms with E-state index in [2.05, 4.69) is 12.6 Å². The molecule has 0 fully saturated rings. The number of rotatable bonds is 3. The molecule has 0 spiro atoms. The first-order chi connectivity index (χ1) is 5.75. The lowest BCUT2D eigenvalue weighted by atomic mass is 10.2. The number of benzene rings is 1. The summed E-state index contributed by atoms with van der Waals surface area (Å²) < 4.78 is 18.3. The summed E-state index contributed by atoms with van der Waals surface area (Å²) in [5, 5.41) is 0. The maximum Gasteiger partial charge on any atom is 0.167 e. The largest absolute Gasteiger partial charge is 0.490 e. The summed E-state index contributed by atoms with van der Waals surface area (Å²) in [4.78, 5) is 0. The van der Waals surface area contributed by atoms with Gasteiger partial charge in [0.15, 0.2) is 11.6 Å². The van der Waals surface area contributed by atoms with Crippen LogP contribution >= 0.6 is 12.6 Å². The van der Waals surface area contributed by atoms with Crippen molar-refractivity contribution in [1.82, 2.24) is 0 Å². The summed E-state index contributed by atoms with van der Waals surface area (Å²) in [6.07, 6.45) is 0. The molecule has 0 aromatic heterocycles. The van der Waals surface area contributed by atoms with E-state index in [0.717, 1.165) is 0 Å². The van der Waals surface area contributed by atoms with Crippen LogP contribution in [0, 0.1) is 12.7 Å². The lowest BCUT2D eigenvalue weighted by molar-refractivity contribution is 0.324. The molecule has 0 saturated heterocycles. The highest BCUT2D eigenvalue weighted by Gasteiger charge is 2.03. The fourth-order valence-corrected chi connectivity index (χ4v) is 0.979. The van der Waals surface area contributed by atoms with Crippen molar-refractivity contribution in [3.8, 4) is 5.75 Å². The van der Waals surface area contributed by atoms with Crippen LogP contribution in [0.25, 0.3) is 0 Å². The van der Waals surface area contributed by atoms with Crippen molar-refractivity contribution in [2.45, 2.75) is 6.92 Å². The molecule has 0 bridgehead atoms. The summed E-state index contributed by atoms with van der Waals surface area (Å²) in [6, 6.07) is 5.10. The number of hydrogen-bond acceptors (Lipinski definition) is 2. The highest BCUT2D eigenvalue weighted by atomic mass is 32.1. The third-order valence-corrected chi connectivity index (χ3v) is 1.69. The summed E-state index contributed by atoms with van der Waals surface area (Å²) >= 11 is 3.96. The maximum absolute atomic E-state index is 13.2. The van der Waals surface area contributed by atoms with Gasteiger partial charge >= 0.3 is 0 Å². The standard InChI is InChI=1S/C9H11FOS/c1-7-3-2-4-8(9(7)10)11-5-6-12/h2-4,12H,5-6H2,1H3. The minimum Gasteiger partial charge on any atom is -0.490 e. The normalized spacial score (nSPS) is 9.92. The first kappa shape index (κ1) is 9.39. The number of ether oxygens (including phenoxy) is 1. The zero-order valence-corrected chi connectivity index (χ0v) is 7.77. The van der Waals surface area contributed by atoms with Gasteiger partial charge in [-0.15, -0.1) is 0 Å². The Balaban J connectivity index is 2.78. The highest BCUT2D eigenvalue weighted by molar-refractivity contribution is 7.80. The average Bonchev–Trinajstić information content (AvgIpc) is 2.08. The van der Waals surface area contributed by atoms with Crippen LogP contribution < -0.4 is 4.74 Å². The quantitative estimate of drug-likeness (QED) is 0.713. The molecule has 0 unspecified atom stereocenters. The van der Waals surface area contributed by atoms with E-state index in [0.29, 0.717) is 23.7 Å². The third-order valence-electron chi connectivity index (χ3n) is 1.51. The molecule has 1 aromatic rings. The van der Waals surface area contributed by atoms with Gasteiger partial charge in [-0.25, -0.2) is 4.39 Å². The molecule has 0 aliphatic heterocycles. The molecule has 1 aromatic carbocycles. The number of aryl methyl sites for hydroxylation is 1. The molecule has 1 rings (SSSR count). The average molecular weight is 186 g/mol. The molecule has 12 heavy (non-hydrogen) atoms. The first-order valence-electron chi connectivity index (χ1n) is 3.74. The predicted octanol–water partition coefficient (Wildman–Crippen LogP) is 2.44. The number of halogens is 1. The van der Waals surface area contributed by atoms with Crippen molar-refractivity contribution in [2.24, 2.45) is 0 Å². The van der Waals surface area contributed by atoms with E-state index in [1.807, 2.05) is 0 Å². The second-order valence-corrected chi connectivity index (χ2v) is 2.91. The minimum atomic E-state index is -0.278. The van der Waals surface area contributed by atoms with Crippen molar-refractivity contribution < 1.29 is 9.13 Å². The van der Waals surface area contributed by atoms with Gasteiger partial charge in [0.1, 0.15) is 0 Å². The Kier molecular flexibility index (Phi) is 3.41. The van der Waals surface area contributed by atoms with E-state index in [4.69, 9.17) is 4.74 Å². The molecule has 66 valence electrons. The molecule has 0 aliphatic rings. The molecule has 0 N–H and O–H groups in total. The van der Waals surface area contributed by atoms with Crippen molar-refractivity contribution in [3.05, 3.63) is 29.6 Å². The Bertz CT molecular complexity index is 263. The van der Waals surface area contributed by atoms with Crippen LogP contribution in [-0.4, -0.2) is 12.4 Å². The Morgan fingerprint density at radius 3 is 2.92 bits per heavy atom. The summed E-state index contributed by atoms with van der Waals surface area (Å²) in [5.41, 5.74) is 0.603. The Morgan fingerprint density at radius 1 is 1.50 bits per heavy atom. The van der Waals surface area contributed by atoms with E-state index in [1.165, 1.54) is 0 Å². The van der Waals surface area contributed by atoms with Crippen LogP contribution in [0.5, 0.6) is 5.75 Å². The van der Waals surface area contributed by atoms with E-state index >= 15 is 0 Å². The molecule has 0 saturated carbocycles. The second kappa shape index (κ2) is 4.36. The van der Waals surface area contributed by atoms with Gasteiger partial charge in [-0.1, -0.05) is 12.1 Å². The fraction of sp³-hybridized carbons (Fsp3) is 0.333. The Morgan fingerprint density at radius 2 is 2.25 bits per heavy atom. The van der Waals surface area contributed by atoms with Crippen molar-refractivity contribution in [2.75, 3.05) is 12.4 Å². The van der Waals surface area contributed by atoms with E-state index in [1.54, 1.807) is 25.1 Å². The van der Waals surface area contributed by atoms with Crippen LogP contribution in [-0.2, 0) is 0 Å². The monoisotopic (exact) mass is 186 g/mol. The zero-order valence-electron chi connectivity index (χ0n) is 6.88. The minimum absolute atomic E-state index is 0.278. The number of hydrogen-bond donors (Lipinski definition) is 1. The fourth-order valence-electron chi connectivity index (χ4n) is 0.888. The van der Waals surface area contributed by atoms with E-state index < -0.39 is 0 Å². The smallest absolute Gasteiger partial charge is 0.167 e. The Hall–Kier alpha value is -0.700. The second-order valence-electron chi connectivity index (χ2n) is 2.46. The summed E-state index contributed by atoms with van der Waals surface area (Å²) in [6.45, 7) is 2.15. The van der Waals surface area contributed by atoms with Gasteiger partial charge in [-0.2, -0.15) is 12.6 Å². The van der Waals surface area contributed by atoms with Crippen molar-refractivity contribution in [3.63, 3.8) is 0 Å². The molecule has 0 atom stereocenters. The predicted molar refractivity (Wildman–Crippen MR) is 50.5 cm³/mol. The van der Waals surface area contributed by atoms with Crippen LogP contribution in [0.4, 0.5) is 4.39 Å². The van der Waals surface area contributed by atoms with Crippen LogP contribution in [0.15, 0.2) is 18.2 Å². The molecule has 0 heterocycles. The number of thiol groups is 1. The Labute approximate surface area is 77.0 Å². The lowest BCUT2D eigenvalue weighted by Gasteiger charge is -2.06. The molecule has 0 aliphatic carbocycles. The highest BCUT2D eigenvalue weighted by Crippen LogP contribution is 2.19. The topological polar surface area (TPSA) is 9.23 Å². The zero-order chi connectivity index (χ0) is 8.97. The SMILES string of the molecule is Cc1cccc(OCCS)c1F. The van der Waals surface area contributed by atoms with E-state index in [-0.39, 0.29) is 5.82 Å². The van der Waals surface area contributed by atoms with Crippen LogP contribution in [0.3, 0.4) is 0 Å². The van der Waals surface area contributed by atoms with Gasteiger partial charge in [0, 0.05) is 5.75 Å². The lowest BCUT2D eigenvalue weighted by Crippen LogP contribution is -2.00. The molecule has 0 radical (unpaired) electrons.